The quantitative estimate of drug-likeness (QED) is 0.584. The van der Waals surface area contributed by atoms with E-state index in [0.717, 1.165) is 30.5 Å². The number of hydrogen-bond donors (Lipinski definition) is 1. The van der Waals surface area contributed by atoms with Crippen LogP contribution in [0, 0.1) is 0 Å². The average molecular weight is 407 g/mol. The summed E-state index contributed by atoms with van der Waals surface area (Å²) in [5, 5.41) is 7.63. The Morgan fingerprint density at radius 1 is 1.39 bits per heavy atom. The lowest BCUT2D eigenvalue weighted by molar-refractivity contribution is 0.0505. The maximum Gasteiger partial charge on any atom is 0.349 e. The Kier molecular flexibility index (Phi) is 7.55. The Labute approximate surface area is 168 Å². The zero-order valence-corrected chi connectivity index (χ0v) is 16.9. The van der Waals surface area contributed by atoms with Gasteiger partial charge in [0, 0.05) is 31.9 Å². The monoisotopic (exact) mass is 406 g/mol. The first-order chi connectivity index (χ1) is 13.7. The number of nitrogens with one attached hydrogen (secondary N) is 1. The summed E-state index contributed by atoms with van der Waals surface area (Å²) in [4.78, 5) is 29.0. The molecule has 1 amide bonds. The molecule has 0 radical (unpaired) electrons. The maximum atomic E-state index is 12.7. The third kappa shape index (κ3) is 5.17. The molecule has 0 bridgehead atoms. The summed E-state index contributed by atoms with van der Waals surface area (Å²) in [5.41, 5.74) is 4.15. The summed E-state index contributed by atoms with van der Waals surface area (Å²) >= 11 is 1.26. The second kappa shape index (κ2) is 10.3. The molecule has 0 unspecified atom stereocenters. The van der Waals surface area contributed by atoms with E-state index in [-0.39, 0.29) is 11.9 Å². The fourth-order valence-electron chi connectivity index (χ4n) is 3.20. The van der Waals surface area contributed by atoms with Gasteiger partial charge in [-0.05, 0) is 39.0 Å². The number of aromatic nitrogens is 3. The standard InChI is InChI=1S/C19H26N4O4S/c1-2-23-17-14(6-3-9-26-10-5-8-21-18(17)24)15(22-23)7-4-11-27-19(25)16-12-20-13-28-16/h12-13H,2-11H2,1H3,(H,21,24). The van der Waals surface area contributed by atoms with Crippen LogP contribution in [0.4, 0.5) is 0 Å². The molecule has 0 spiro atoms. The second-order valence-electron chi connectivity index (χ2n) is 6.52. The topological polar surface area (TPSA) is 95.3 Å². The van der Waals surface area contributed by atoms with Gasteiger partial charge in [-0.1, -0.05) is 0 Å². The number of carbonyl (C=O) groups is 2. The minimum Gasteiger partial charge on any atom is -0.461 e. The lowest BCUT2D eigenvalue weighted by Crippen LogP contribution is -2.28. The van der Waals surface area contributed by atoms with E-state index in [2.05, 4.69) is 15.4 Å². The Hall–Kier alpha value is -2.26. The Morgan fingerprint density at radius 3 is 3.04 bits per heavy atom. The molecule has 0 saturated carbocycles. The van der Waals surface area contributed by atoms with E-state index >= 15 is 0 Å². The van der Waals surface area contributed by atoms with Crippen molar-refractivity contribution in [2.75, 3.05) is 26.4 Å². The van der Waals surface area contributed by atoms with Crippen molar-refractivity contribution in [2.45, 2.75) is 45.6 Å². The van der Waals surface area contributed by atoms with E-state index in [4.69, 9.17) is 9.47 Å². The van der Waals surface area contributed by atoms with Crippen LogP contribution >= 0.6 is 11.3 Å². The highest BCUT2D eigenvalue weighted by Crippen LogP contribution is 2.20. The maximum absolute atomic E-state index is 12.7. The van der Waals surface area contributed by atoms with Crippen LogP contribution in [0.3, 0.4) is 0 Å². The number of hydrogen-bond acceptors (Lipinski definition) is 7. The van der Waals surface area contributed by atoms with E-state index in [0.29, 0.717) is 56.3 Å². The van der Waals surface area contributed by atoms with Crippen LogP contribution < -0.4 is 5.32 Å². The number of thiazole rings is 1. The van der Waals surface area contributed by atoms with Gasteiger partial charge >= 0.3 is 5.97 Å². The molecule has 3 heterocycles. The van der Waals surface area contributed by atoms with Crippen molar-refractivity contribution in [3.8, 4) is 0 Å². The van der Waals surface area contributed by atoms with E-state index in [1.165, 1.54) is 17.5 Å². The Bertz CT molecular complexity index is 788. The molecule has 1 aliphatic rings. The summed E-state index contributed by atoms with van der Waals surface area (Å²) in [6, 6.07) is 0. The van der Waals surface area contributed by atoms with E-state index < -0.39 is 0 Å². The fourth-order valence-corrected chi connectivity index (χ4v) is 3.71. The van der Waals surface area contributed by atoms with Crippen molar-refractivity contribution in [1.82, 2.24) is 20.1 Å². The number of ether oxygens (including phenoxy) is 2. The van der Waals surface area contributed by atoms with Crippen molar-refractivity contribution in [3.63, 3.8) is 0 Å². The zero-order valence-electron chi connectivity index (χ0n) is 16.1. The molecule has 0 saturated heterocycles. The fraction of sp³-hybridized carbons (Fsp3) is 0.579. The van der Waals surface area contributed by atoms with Crippen LogP contribution in [0.5, 0.6) is 0 Å². The number of aryl methyl sites for hydroxylation is 2. The predicted molar refractivity (Wildman–Crippen MR) is 105 cm³/mol. The molecule has 2 aromatic rings. The highest BCUT2D eigenvalue weighted by atomic mass is 32.1. The van der Waals surface area contributed by atoms with Crippen molar-refractivity contribution in [2.24, 2.45) is 0 Å². The number of esters is 1. The van der Waals surface area contributed by atoms with Gasteiger partial charge in [-0.25, -0.2) is 4.79 Å². The lowest BCUT2D eigenvalue weighted by atomic mass is 10.0. The summed E-state index contributed by atoms with van der Waals surface area (Å²) in [7, 11) is 0. The third-order valence-corrected chi connectivity index (χ3v) is 5.29. The first-order valence-corrected chi connectivity index (χ1v) is 10.6. The predicted octanol–water partition coefficient (Wildman–Crippen LogP) is 2.23. The van der Waals surface area contributed by atoms with Crippen LogP contribution in [-0.2, 0) is 28.9 Å². The number of amides is 1. The average Bonchev–Trinajstić information content (AvgIpc) is 3.34. The molecule has 0 fully saturated rings. The lowest BCUT2D eigenvalue weighted by Gasteiger charge is -2.08. The van der Waals surface area contributed by atoms with E-state index in [9.17, 15) is 9.59 Å². The summed E-state index contributed by atoms with van der Waals surface area (Å²) in [5.74, 6) is -0.424. The van der Waals surface area contributed by atoms with Crippen molar-refractivity contribution in [3.05, 3.63) is 33.5 Å². The van der Waals surface area contributed by atoms with Gasteiger partial charge < -0.3 is 14.8 Å². The van der Waals surface area contributed by atoms with Crippen LogP contribution in [0.25, 0.3) is 0 Å². The van der Waals surface area contributed by atoms with E-state index in [1.807, 2.05) is 6.92 Å². The van der Waals surface area contributed by atoms with Gasteiger partial charge in [0.05, 0.1) is 24.0 Å². The highest BCUT2D eigenvalue weighted by Gasteiger charge is 2.22. The van der Waals surface area contributed by atoms with Crippen LogP contribution in [0.15, 0.2) is 11.7 Å². The summed E-state index contributed by atoms with van der Waals surface area (Å²) in [6.07, 6.45) is 5.21. The van der Waals surface area contributed by atoms with E-state index in [1.54, 1.807) is 10.2 Å². The van der Waals surface area contributed by atoms with Gasteiger partial charge in [-0.15, -0.1) is 11.3 Å². The normalized spacial score (nSPS) is 15.4. The molecule has 2 aromatic heterocycles. The van der Waals surface area contributed by atoms with Crippen LogP contribution in [0.1, 0.15) is 57.6 Å². The molecule has 0 atom stereocenters. The smallest absolute Gasteiger partial charge is 0.349 e. The molecule has 0 aliphatic carbocycles. The van der Waals surface area contributed by atoms with Crippen LogP contribution in [0.2, 0.25) is 0 Å². The van der Waals surface area contributed by atoms with Crippen LogP contribution in [-0.4, -0.2) is 53.0 Å². The minimum atomic E-state index is -0.350. The molecular formula is C19H26N4O4S. The Morgan fingerprint density at radius 2 is 2.25 bits per heavy atom. The third-order valence-electron chi connectivity index (χ3n) is 4.54. The number of nitrogens with zero attached hydrogens (tertiary/aromatic N) is 3. The highest BCUT2D eigenvalue weighted by molar-refractivity contribution is 7.11. The number of rotatable bonds is 6. The Balaban J connectivity index is 1.66. The van der Waals surface area contributed by atoms with Gasteiger partial charge in [0.25, 0.3) is 5.91 Å². The molecule has 9 heteroatoms. The van der Waals surface area contributed by atoms with Gasteiger partial charge in [0.1, 0.15) is 10.6 Å². The molecule has 0 aromatic carbocycles. The van der Waals surface area contributed by atoms with Gasteiger partial charge in [0.15, 0.2) is 0 Å². The first-order valence-electron chi connectivity index (χ1n) is 9.70. The molecule has 3 rings (SSSR count). The molecule has 1 aliphatic heterocycles. The number of carbonyl (C=O) groups excluding carboxylic acids is 2. The molecule has 28 heavy (non-hydrogen) atoms. The van der Waals surface area contributed by atoms with Gasteiger partial charge in [-0.3, -0.25) is 14.5 Å². The van der Waals surface area contributed by atoms with Crippen molar-refractivity contribution in [1.29, 1.82) is 0 Å². The molecule has 152 valence electrons. The summed E-state index contributed by atoms with van der Waals surface area (Å²) in [6.45, 7) is 4.85. The van der Waals surface area contributed by atoms with Gasteiger partial charge in [-0.2, -0.15) is 5.10 Å². The van der Waals surface area contributed by atoms with Crippen molar-refractivity contribution < 1.29 is 19.1 Å². The zero-order chi connectivity index (χ0) is 19.8. The second-order valence-corrected chi connectivity index (χ2v) is 7.41. The number of fused-ring (bicyclic) bond motifs is 1. The van der Waals surface area contributed by atoms with Crippen molar-refractivity contribution >= 4 is 23.2 Å². The SMILES string of the molecule is CCn1nc(CCCOC(=O)c2cncs2)c2c1C(=O)NCCCOCCC2. The molecule has 1 N–H and O–H groups in total. The molecular weight excluding hydrogens is 380 g/mol. The van der Waals surface area contributed by atoms with Gasteiger partial charge in [0.2, 0.25) is 0 Å². The summed E-state index contributed by atoms with van der Waals surface area (Å²) < 4.78 is 12.7. The largest absolute Gasteiger partial charge is 0.461 e. The minimum absolute atomic E-state index is 0.0749. The molecule has 8 nitrogen and oxygen atoms in total. The first kappa shape index (κ1) is 20.5.